The van der Waals surface area contributed by atoms with Crippen LogP contribution in [-0.4, -0.2) is 25.3 Å². The van der Waals surface area contributed by atoms with Gasteiger partial charge in [0.2, 0.25) is 0 Å². The Balaban J connectivity index is 1.74. The van der Waals surface area contributed by atoms with Gasteiger partial charge in [-0.25, -0.2) is 5.43 Å². The maximum absolute atomic E-state index is 11.7. The van der Waals surface area contributed by atoms with E-state index in [0.29, 0.717) is 6.61 Å². The van der Waals surface area contributed by atoms with Crippen LogP contribution < -0.4 is 15.5 Å². The van der Waals surface area contributed by atoms with Gasteiger partial charge in [-0.3, -0.25) is 4.79 Å². The summed E-state index contributed by atoms with van der Waals surface area (Å²) >= 11 is 0. The van der Waals surface area contributed by atoms with Gasteiger partial charge in [0.05, 0.1) is 19.4 Å². The molecule has 2 rings (SSSR count). The van der Waals surface area contributed by atoms with E-state index in [4.69, 9.17) is 4.74 Å². The molecular formula is C19H23N3O2. The Labute approximate surface area is 142 Å². The number of benzene rings is 2. The van der Waals surface area contributed by atoms with Crippen molar-refractivity contribution in [2.45, 2.75) is 20.3 Å². The number of carbonyl (C=O) groups excluding carboxylic acids is 1. The lowest BCUT2D eigenvalue weighted by molar-refractivity contribution is -0.119. The number of nitrogens with zero attached hydrogens (tertiary/aromatic N) is 1. The highest BCUT2D eigenvalue weighted by Crippen LogP contribution is 2.11. The molecule has 0 aliphatic carbocycles. The zero-order valence-electron chi connectivity index (χ0n) is 14.1. The van der Waals surface area contributed by atoms with Crippen molar-refractivity contribution in [1.82, 2.24) is 5.43 Å². The molecule has 0 aliphatic rings. The quantitative estimate of drug-likeness (QED) is 0.578. The molecule has 0 fully saturated rings. The highest BCUT2D eigenvalue weighted by molar-refractivity contribution is 5.84. The minimum absolute atomic E-state index is 0.171. The number of aryl methyl sites for hydroxylation is 1. The minimum atomic E-state index is -0.199. The van der Waals surface area contributed by atoms with Gasteiger partial charge in [0.25, 0.3) is 5.91 Å². The van der Waals surface area contributed by atoms with Crippen LogP contribution in [0.5, 0.6) is 5.75 Å². The summed E-state index contributed by atoms with van der Waals surface area (Å²) in [7, 11) is 0. The zero-order chi connectivity index (χ0) is 17.2. The lowest BCUT2D eigenvalue weighted by Crippen LogP contribution is -2.25. The number of amides is 1. The van der Waals surface area contributed by atoms with Crippen LogP contribution in [0.4, 0.5) is 5.69 Å². The number of hydrogen-bond acceptors (Lipinski definition) is 4. The van der Waals surface area contributed by atoms with Gasteiger partial charge in [0, 0.05) is 5.69 Å². The fourth-order valence-corrected chi connectivity index (χ4v) is 1.94. The molecule has 5 nitrogen and oxygen atoms in total. The highest BCUT2D eigenvalue weighted by atomic mass is 16.5. The van der Waals surface area contributed by atoms with Crippen molar-refractivity contribution in [3.63, 3.8) is 0 Å². The molecule has 2 aromatic rings. The minimum Gasteiger partial charge on any atom is -0.494 e. The van der Waals surface area contributed by atoms with Crippen LogP contribution in [0.2, 0.25) is 0 Å². The van der Waals surface area contributed by atoms with E-state index < -0.39 is 0 Å². The summed E-state index contributed by atoms with van der Waals surface area (Å²) in [6.45, 7) is 4.97. The molecule has 24 heavy (non-hydrogen) atoms. The van der Waals surface area contributed by atoms with Gasteiger partial charge in [-0.15, -0.1) is 0 Å². The van der Waals surface area contributed by atoms with E-state index in [1.807, 2.05) is 55.5 Å². The van der Waals surface area contributed by atoms with E-state index in [0.717, 1.165) is 23.4 Å². The number of ether oxygens (including phenoxy) is 1. The van der Waals surface area contributed by atoms with E-state index in [1.165, 1.54) is 5.56 Å². The van der Waals surface area contributed by atoms with Crippen LogP contribution in [0.1, 0.15) is 24.5 Å². The number of rotatable bonds is 8. The average Bonchev–Trinajstić information content (AvgIpc) is 2.60. The van der Waals surface area contributed by atoms with Crippen molar-refractivity contribution in [2.75, 3.05) is 18.5 Å². The maximum atomic E-state index is 11.7. The first kappa shape index (κ1) is 17.5. The molecule has 2 aromatic carbocycles. The van der Waals surface area contributed by atoms with Crippen LogP contribution in [0.25, 0.3) is 0 Å². The zero-order valence-corrected chi connectivity index (χ0v) is 14.1. The van der Waals surface area contributed by atoms with Crippen molar-refractivity contribution >= 4 is 17.8 Å². The molecule has 1 amide bonds. The standard InChI is InChI=1S/C19H23N3O2/c1-3-12-24-18-10-6-16(7-11-18)13-21-22-19(23)14-20-17-8-4-15(2)5-9-17/h4-11,13,20H,3,12,14H2,1-2H3,(H,22,23)/b21-13-. The summed E-state index contributed by atoms with van der Waals surface area (Å²) in [5.41, 5.74) is 5.48. The van der Waals surface area contributed by atoms with E-state index in [-0.39, 0.29) is 12.5 Å². The van der Waals surface area contributed by atoms with E-state index in [9.17, 15) is 4.79 Å². The van der Waals surface area contributed by atoms with Crippen molar-refractivity contribution in [3.05, 3.63) is 59.7 Å². The van der Waals surface area contributed by atoms with E-state index in [2.05, 4.69) is 22.8 Å². The molecule has 0 radical (unpaired) electrons. The Hall–Kier alpha value is -2.82. The lowest BCUT2D eigenvalue weighted by Gasteiger charge is -2.05. The van der Waals surface area contributed by atoms with Crippen LogP contribution in [-0.2, 0) is 4.79 Å². The monoisotopic (exact) mass is 325 g/mol. The second-order valence-electron chi connectivity index (χ2n) is 5.43. The van der Waals surface area contributed by atoms with Crippen LogP contribution in [0, 0.1) is 6.92 Å². The summed E-state index contributed by atoms with van der Waals surface area (Å²) in [5.74, 6) is 0.634. The molecule has 2 N–H and O–H groups in total. The third-order valence-electron chi connectivity index (χ3n) is 3.26. The first-order valence-corrected chi connectivity index (χ1v) is 8.02. The first-order valence-electron chi connectivity index (χ1n) is 8.02. The first-order chi connectivity index (χ1) is 11.7. The Morgan fingerprint density at radius 3 is 2.50 bits per heavy atom. The molecule has 0 saturated heterocycles. The predicted octanol–water partition coefficient (Wildman–Crippen LogP) is 3.35. The fraction of sp³-hybridized carbons (Fsp3) is 0.263. The molecular weight excluding hydrogens is 302 g/mol. The molecule has 126 valence electrons. The molecule has 0 atom stereocenters. The van der Waals surface area contributed by atoms with Crippen molar-refractivity contribution in [3.8, 4) is 5.75 Å². The van der Waals surface area contributed by atoms with Gasteiger partial charge in [-0.1, -0.05) is 24.6 Å². The largest absolute Gasteiger partial charge is 0.494 e. The van der Waals surface area contributed by atoms with Gasteiger partial charge in [0.15, 0.2) is 0 Å². The Bertz CT molecular complexity index is 664. The SMILES string of the molecule is CCCOc1ccc(/C=N\NC(=O)CNc2ccc(C)cc2)cc1. The molecule has 0 aliphatic heterocycles. The summed E-state index contributed by atoms with van der Waals surface area (Å²) in [4.78, 5) is 11.7. The maximum Gasteiger partial charge on any atom is 0.259 e. The number of nitrogens with one attached hydrogen (secondary N) is 2. The summed E-state index contributed by atoms with van der Waals surface area (Å²) < 4.78 is 5.51. The molecule has 0 bridgehead atoms. The van der Waals surface area contributed by atoms with Crippen molar-refractivity contribution in [2.24, 2.45) is 5.10 Å². The predicted molar refractivity (Wildman–Crippen MR) is 97.6 cm³/mol. The summed E-state index contributed by atoms with van der Waals surface area (Å²) in [5, 5.41) is 7.00. The number of carbonyl (C=O) groups is 1. The Kier molecular flexibility index (Phi) is 6.83. The van der Waals surface area contributed by atoms with E-state index >= 15 is 0 Å². The van der Waals surface area contributed by atoms with Crippen LogP contribution in [0.15, 0.2) is 53.6 Å². The Morgan fingerprint density at radius 2 is 1.83 bits per heavy atom. The van der Waals surface area contributed by atoms with Crippen LogP contribution >= 0.6 is 0 Å². The second kappa shape index (κ2) is 9.35. The van der Waals surface area contributed by atoms with Gasteiger partial charge in [-0.05, 0) is 55.3 Å². The number of anilines is 1. The van der Waals surface area contributed by atoms with Crippen molar-refractivity contribution < 1.29 is 9.53 Å². The molecule has 0 spiro atoms. The molecule has 0 heterocycles. The highest BCUT2D eigenvalue weighted by Gasteiger charge is 1.99. The number of hydrazone groups is 1. The summed E-state index contributed by atoms with van der Waals surface area (Å²) in [6.07, 6.45) is 2.58. The molecule has 5 heteroatoms. The van der Waals surface area contributed by atoms with Gasteiger partial charge in [0.1, 0.15) is 5.75 Å². The normalized spacial score (nSPS) is 10.6. The summed E-state index contributed by atoms with van der Waals surface area (Å²) in [6, 6.07) is 15.4. The number of hydrogen-bond donors (Lipinski definition) is 2. The van der Waals surface area contributed by atoms with Gasteiger partial charge < -0.3 is 10.1 Å². The lowest BCUT2D eigenvalue weighted by atomic mass is 10.2. The Morgan fingerprint density at radius 1 is 1.12 bits per heavy atom. The molecule has 0 saturated carbocycles. The molecule has 0 unspecified atom stereocenters. The van der Waals surface area contributed by atoms with Gasteiger partial charge in [-0.2, -0.15) is 5.10 Å². The van der Waals surface area contributed by atoms with Crippen LogP contribution in [0.3, 0.4) is 0 Å². The van der Waals surface area contributed by atoms with Crippen molar-refractivity contribution in [1.29, 1.82) is 0 Å². The van der Waals surface area contributed by atoms with Gasteiger partial charge >= 0.3 is 0 Å². The topological polar surface area (TPSA) is 62.7 Å². The molecule has 0 aromatic heterocycles. The fourth-order valence-electron chi connectivity index (χ4n) is 1.94. The third-order valence-corrected chi connectivity index (χ3v) is 3.26. The third kappa shape index (κ3) is 6.12. The average molecular weight is 325 g/mol. The second-order valence-corrected chi connectivity index (χ2v) is 5.43. The smallest absolute Gasteiger partial charge is 0.259 e. The van der Waals surface area contributed by atoms with E-state index in [1.54, 1.807) is 6.21 Å².